The minimum Gasteiger partial charge on any atom is -0.368 e. The summed E-state index contributed by atoms with van der Waals surface area (Å²) in [4.78, 5) is 35.3. The van der Waals surface area contributed by atoms with Crippen LogP contribution in [0.3, 0.4) is 0 Å². The molecule has 1 aliphatic rings. The van der Waals surface area contributed by atoms with Crippen molar-refractivity contribution in [2.75, 3.05) is 31.5 Å². The van der Waals surface area contributed by atoms with E-state index in [9.17, 15) is 9.59 Å². The highest BCUT2D eigenvalue weighted by molar-refractivity contribution is 5.93. The maximum absolute atomic E-state index is 12.4. The Morgan fingerprint density at radius 3 is 2.33 bits per heavy atom. The Bertz CT molecular complexity index is 524. The second kappa shape index (κ2) is 6.51. The highest BCUT2D eigenvalue weighted by Gasteiger charge is 2.24. The summed E-state index contributed by atoms with van der Waals surface area (Å²) in [6.45, 7) is 7.78. The van der Waals surface area contributed by atoms with Crippen LogP contribution in [0, 0.1) is 0 Å². The second-order valence-electron chi connectivity index (χ2n) is 5.39. The number of carbonyl (C=O) groups is 2. The molecular formula is C14H21N5O2. The highest BCUT2D eigenvalue weighted by atomic mass is 16.2. The molecule has 1 aromatic heterocycles. The maximum atomic E-state index is 12.4. The average Bonchev–Trinajstić information content (AvgIpc) is 2.46. The van der Waals surface area contributed by atoms with Crippen LogP contribution in [0.4, 0.5) is 5.82 Å². The lowest BCUT2D eigenvalue weighted by molar-refractivity contribution is -0.130. The molecule has 0 spiro atoms. The van der Waals surface area contributed by atoms with Crippen molar-refractivity contribution in [3.05, 3.63) is 18.1 Å². The van der Waals surface area contributed by atoms with E-state index in [0.717, 1.165) is 0 Å². The van der Waals surface area contributed by atoms with Crippen LogP contribution in [0.2, 0.25) is 0 Å². The number of nitrogens with one attached hydrogen (secondary N) is 1. The fourth-order valence-electron chi connectivity index (χ4n) is 2.24. The smallest absolute Gasteiger partial charge is 0.272 e. The molecule has 0 bridgehead atoms. The van der Waals surface area contributed by atoms with E-state index in [1.54, 1.807) is 22.8 Å². The number of aromatic nitrogens is 2. The van der Waals surface area contributed by atoms with E-state index >= 15 is 0 Å². The van der Waals surface area contributed by atoms with Crippen molar-refractivity contribution < 1.29 is 9.59 Å². The van der Waals surface area contributed by atoms with E-state index in [2.05, 4.69) is 15.3 Å². The van der Waals surface area contributed by atoms with E-state index in [0.29, 0.717) is 37.7 Å². The van der Waals surface area contributed by atoms with Crippen LogP contribution in [0.5, 0.6) is 0 Å². The van der Waals surface area contributed by atoms with Crippen LogP contribution in [0.15, 0.2) is 12.4 Å². The van der Waals surface area contributed by atoms with Gasteiger partial charge in [0, 0.05) is 45.2 Å². The van der Waals surface area contributed by atoms with Crippen molar-refractivity contribution in [3.8, 4) is 0 Å². The topological polar surface area (TPSA) is 78.4 Å². The van der Waals surface area contributed by atoms with Gasteiger partial charge in [0.2, 0.25) is 5.91 Å². The van der Waals surface area contributed by atoms with Crippen LogP contribution in [0.25, 0.3) is 0 Å². The monoisotopic (exact) mass is 291 g/mol. The Labute approximate surface area is 124 Å². The van der Waals surface area contributed by atoms with Crippen LogP contribution < -0.4 is 5.32 Å². The predicted octanol–water partition coefficient (Wildman–Crippen LogP) is 0.601. The Morgan fingerprint density at radius 2 is 1.76 bits per heavy atom. The molecule has 7 nitrogen and oxygen atoms in total. The first kappa shape index (κ1) is 15.2. The van der Waals surface area contributed by atoms with Gasteiger partial charge in [0.25, 0.3) is 5.91 Å². The number of amides is 2. The number of hydrogen-bond donors (Lipinski definition) is 1. The van der Waals surface area contributed by atoms with Gasteiger partial charge >= 0.3 is 0 Å². The fraction of sp³-hybridized carbons (Fsp3) is 0.571. The summed E-state index contributed by atoms with van der Waals surface area (Å²) in [5.74, 6) is 0.575. The number of nitrogens with zero attached hydrogens (tertiary/aromatic N) is 4. The third-order valence-corrected chi connectivity index (χ3v) is 3.33. The standard InChI is InChI=1S/C14H21N5O2/c1-10(2)17-13-8-12(15-9-16-13)14(21)19-6-4-18(5-7-19)11(3)20/h8-10H,4-7H2,1-3H3,(H,15,16,17). The van der Waals surface area contributed by atoms with Crippen LogP contribution in [0.1, 0.15) is 31.3 Å². The summed E-state index contributed by atoms with van der Waals surface area (Å²) >= 11 is 0. The normalized spacial score (nSPS) is 15.2. The molecule has 1 aliphatic heterocycles. The van der Waals surface area contributed by atoms with Crippen LogP contribution in [-0.4, -0.2) is 63.8 Å². The fourth-order valence-corrected chi connectivity index (χ4v) is 2.24. The Kier molecular flexibility index (Phi) is 4.72. The van der Waals surface area contributed by atoms with E-state index in [1.165, 1.54) is 6.33 Å². The molecule has 1 aromatic rings. The molecule has 2 amide bonds. The first-order valence-electron chi connectivity index (χ1n) is 7.10. The van der Waals surface area contributed by atoms with Gasteiger partial charge in [0.05, 0.1) is 0 Å². The molecule has 2 heterocycles. The minimum absolute atomic E-state index is 0.0487. The molecule has 0 unspecified atom stereocenters. The summed E-state index contributed by atoms with van der Waals surface area (Å²) in [6, 6.07) is 1.90. The zero-order chi connectivity index (χ0) is 15.4. The molecule has 114 valence electrons. The average molecular weight is 291 g/mol. The van der Waals surface area contributed by atoms with Gasteiger partial charge in [-0.15, -0.1) is 0 Å². The van der Waals surface area contributed by atoms with Crippen molar-refractivity contribution >= 4 is 17.6 Å². The number of rotatable bonds is 3. The Balaban J connectivity index is 2.02. The van der Waals surface area contributed by atoms with Gasteiger partial charge in [0.15, 0.2) is 0 Å². The van der Waals surface area contributed by atoms with Crippen molar-refractivity contribution in [2.24, 2.45) is 0 Å². The molecule has 0 saturated carbocycles. The zero-order valence-electron chi connectivity index (χ0n) is 12.7. The number of carbonyl (C=O) groups excluding carboxylic acids is 2. The summed E-state index contributed by atoms with van der Waals surface area (Å²) in [7, 11) is 0. The number of piperazine rings is 1. The molecule has 21 heavy (non-hydrogen) atoms. The summed E-state index contributed by atoms with van der Waals surface area (Å²) in [5.41, 5.74) is 0.379. The van der Waals surface area contributed by atoms with Crippen molar-refractivity contribution in [3.63, 3.8) is 0 Å². The van der Waals surface area contributed by atoms with E-state index in [1.807, 2.05) is 13.8 Å². The van der Waals surface area contributed by atoms with Gasteiger partial charge < -0.3 is 15.1 Å². The maximum Gasteiger partial charge on any atom is 0.272 e. The van der Waals surface area contributed by atoms with Gasteiger partial charge in [0.1, 0.15) is 17.8 Å². The lowest BCUT2D eigenvalue weighted by Gasteiger charge is -2.34. The molecule has 1 N–H and O–H groups in total. The molecule has 7 heteroatoms. The molecule has 0 atom stereocenters. The molecule has 2 rings (SSSR count). The molecule has 1 fully saturated rings. The molecule has 0 aromatic carbocycles. The van der Waals surface area contributed by atoms with Crippen molar-refractivity contribution in [2.45, 2.75) is 26.8 Å². The number of hydrogen-bond acceptors (Lipinski definition) is 5. The van der Waals surface area contributed by atoms with E-state index in [-0.39, 0.29) is 17.9 Å². The van der Waals surface area contributed by atoms with Gasteiger partial charge in [-0.3, -0.25) is 9.59 Å². The Morgan fingerprint density at radius 1 is 1.14 bits per heavy atom. The first-order chi connectivity index (χ1) is 9.97. The molecular weight excluding hydrogens is 270 g/mol. The van der Waals surface area contributed by atoms with Crippen molar-refractivity contribution in [1.29, 1.82) is 0 Å². The largest absolute Gasteiger partial charge is 0.368 e. The SMILES string of the molecule is CC(=O)N1CCN(C(=O)c2cc(NC(C)C)ncn2)CC1. The highest BCUT2D eigenvalue weighted by Crippen LogP contribution is 2.10. The van der Waals surface area contributed by atoms with Crippen molar-refractivity contribution in [1.82, 2.24) is 19.8 Å². The Hall–Kier alpha value is -2.18. The van der Waals surface area contributed by atoms with Gasteiger partial charge in [-0.2, -0.15) is 0 Å². The molecule has 0 radical (unpaired) electrons. The predicted molar refractivity (Wildman–Crippen MR) is 78.9 cm³/mol. The third-order valence-electron chi connectivity index (χ3n) is 3.33. The summed E-state index contributed by atoms with van der Waals surface area (Å²) in [6.07, 6.45) is 1.39. The van der Waals surface area contributed by atoms with Crippen LogP contribution >= 0.6 is 0 Å². The summed E-state index contributed by atoms with van der Waals surface area (Å²) in [5, 5.41) is 3.15. The quantitative estimate of drug-likeness (QED) is 0.882. The van der Waals surface area contributed by atoms with E-state index < -0.39 is 0 Å². The zero-order valence-corrected chi connectivity index (χ0v) is 12.7. The van der Waals surface area contributed by atoms with E-state index in [4.69, 9.17) is 0 Å². The lowest BCUT2D eigenvalue weighted by Crippen LogP contribution is -2.50. The molecule has 0 aliphatic carbocycles. The lowest BCUT2D eigenvalue weighted by atomic mass is 10.2. The second-order valence-corrected chi connectivity index (χ2v) is 5.39. The van der Waals surface area contributed by atoms with Crippen LogP contribution in [-0.2, 0) is 4.79 Å². The molecule has 1 saturated heterocycles. The summed E-state index contributed by atoms with van der Waals surface area (Å²) < 4.78 is 0. The van der Waals surface area contributed by atoms with Gasteiger partial charge in [-0.05, 0) is 13.8 Å². The number of anilines is 1. The third kappa shape index (κ3) is 3.90. The van der Waals surface area contributed by atoms with Gasteiger partial charge in [-0.25, -0.2) is 9.97 Å². The minimum atomic E-state index is -0.118. The van der Waals surface area contributed by atoms with Gasteiger partial charge in [-0.1, -0.05) is 0 Å². The first-order valence-corrected chi connectivity index (χ1v) is 7.10.